The first-order valence-electron chi connectivity index (χ1n) is 9.28. The number of morpholine rings is 1. The Labute approximate surface area is 165 Å². The molecule has 0 atom stereocenters. The largest absolute Gasteiger partial charge is 0.385 e. The zero-order valence-electron chi connectivity index (χ0n) is 16.2. The fourth-order valence-corrected chi connectivity index (χ4v) is 4.64. The zero-order chi connectivity index (χ0) is 20.0. The van der Waals surface area contributed by atoms with Gasteiger partial charge in [-0.05, 0) is 37.1 Å². The topological polar surface area (TPSA) is 93.7 Å². The van der Waals surface area contributed by atoms with Crippen molar-refractivity contribution in [3.05, 3.63) is 35.9 Å². The van der Waals surface area contributed by atoms with Crippen LogP contribution in [-0.2, 0) is 19.5 Å². The number of aryl methyl sites for hydroxylation is 1. The third kappa shape index (κ3) is 4.85. The van der Waals surface area contributed by atoms with Gasteiger partial charge in [-0.25, -0.2) is 8.42 Å². The molecule has 3 rings (SSSR count). The van der Waals surface area contributed by atoms with Gasteiger partial charge < -0.3 is 14.8 Å². The van der Waals surface area contributed by atoms with Gasteiger partial charge in [0.05, 0.1) is 23.8 Å². The van der Waals surface area contributed by atoms with Gasteiger partial charge in [0.1, 0.15) is 5.82 Å². The molecule has 2 heterocycles. The van der Waals surface area contributed by atoms with Crippen molar-refractivity contribution in [2.24, 2.45) is 0 Å². The first kappa shape index (κ1) is 20.7. The summed E-state index contributed by atoms with van der Waals surface area (Å²) < 4.78 is 37.8. The normalized spacial score (nSPS) is 15.5. The van der Waals surface area contributed by atoms with Gasteiger partial charge in [0.2, 0.25) is 10.0 Å². The molecular weight excluding hydrogens is 380 g/mol. The van der Waals surface area contributed by atoms with E-state index in [0.717, 1.165) is 18.5 Å². The summed E-state index contributed by atoms with van der Waals surface area (Å²) in [6, 6.07) is 9.02. The summed E-state index contributed by atoms with van der Waals surface area (Å²) >= 11 is 0. The smallest absolute Gasteiger partial charge is 0.243 e. The van der Waals surface area contributed by atoms with Crippen LogP contribution in [0.3, 0.4) is 0 Å². The predicted molar refractivity (Wildman–Crippen MR) is 107 cm³/mol. The average molecular weight is 407 g/mol. The first-order chi connectivity index (χ1) is 13.5. The maximum Gasteiger partial charge on any atom is 0.243 e. The van der Waals surface area contributed by atoms with Crippen LogP contribution in [-0.4, -0.2) is 69.5 Å². The van der Waals surface area contributed by atoms with Crippen molar-refractivity contribution in [3.63, 3.8) is 0 Å². The Balaban J connectivity index is 1.79. The summed E-state index contributed by atoms with van der Waals surface area (Å²) in [5, 5.41) is 11.6. The third-order valence-electron chi connectivity index (χ3n) is 4.57. The van der Waals surface area contributed by atoms with Crippen molar-refractivity contribution in [1.29, 1.82) is 0 Å². The number of hydrogen-bond donors (Lipinski definition) is 1. The number of benzene rings is 1. The van der Waals surface area contributed by atoms with E-state index in [2.05, 4.69) is 15.5 Å². The molecule has 0 unspecified atom stereocenters. The van der Waals surface area contributed by atoms with Gasteiger partial charge in [0, 0.05) is 38.9 Å². The SMILES string of the molecule is COCCCNc1ccc(-c2ccc(C)c(S(=O)(=O)N3CCOCC3)c2)nn1. The number of nitrogens with one attached hydrogen (secondary N) is 1. The molecule has 152 valence electrons. The van der Waals surface area contributed by atoms with E-state index < -0.39 is 10.0 Å². The Morgan fingerprint density at radius 1 is 1.18 bits per heavy atom. The molecule has 1 aromatic heterocycles. The number of sulfonamides is 1. The van der Waals surface area contributed by atoms with Crippen molar-refractivity contribution >= 4 is 15.8 Å². The van der Waals surface area contributed by atoms with Crippen LogP contribution in [0.1, 0.15) is 12.0 Å². The molecular formula is C19H26N4O4S. The minimum atomic E-state index is -3.57. The molecule has 1 aromatic carbocycles. The van der Waals surface area contributed by atoms with Crippen molar-refractivity contribution in [3.8, 4) is 11.3 Å². The van der Waals surface area contributed by atoms with Gasteiger partial charge in [0.25, 0.3) is 0 Å². The van der Waals surface area contributed by atoms with Crippen LogP contribution in [0.4, 0.5) is 5.82 Å². The highest BCUT2D eigenvalue weighted by Gasteiger charge is 2.28. The molecule has 1 saturated heterocycles. The van der Waals surface area contributed by atoms with Crippen molar-refractivity contribution in [2.45, 2.75) is 18.2 Å². The van der Waals surface area contributed by atoms with Gasteiger partial charge in [-0.3, -0.25) is 0 Å². The number of aromatic nitrogens is 2. The van der Waals surface area contributed by atoms with E-state index in [9.17, 15) is 8.42 Å². The summed E-state index contributed by atoms with van der Waals surface area (Å²) in [7, 11) is -1.90. The fourth-order valence-electron chi connectivity index (χ4n) is 2.98. The van der Waals surface area contributed by atoms with Gasteiger partial charge >= 0.3 is 0 Å². The lowest BCUT2D eigenvalue weighted by molar-refractivity contribution is 0.0730. The Morgan fingerprint density at radius 3 is 2.64 bits per heavy atom. The maximum absolute atomic E-state index is 13.0. The summed E-state index contributed by atoms with van der Waals surface area (Å²) in [5.41, 5.74) is 2.05. The molecule has 1 fully saturated rings. The number of hydrogen-bond acceptors (Lipinski definition) is 7. The quantitative estimate of drug-likeness (QED) is 0.670. The lowest BCUT2D eigenvalue weighted by atomic mass is 10.1. The van der Waals surface area contributed by atoms with Gasteiger partial charge in [-0.15, -0.1) is 10.2 Å². The van der Waals surface area contributed by atoms with Crippen LogP contribution in [0.25, 0.3) is 11.3 Å². The molecule has 0 saturated carbocycles. The molecule has 1 aliphatic rings. The molecule has 0 spiro atoms. The average Bonchev–Trinajstić information content (AvgIpc) is 2.73. The molecule has 1 aliphatic heterocycles. The Hall–Kier alpha value is -2.07. The number of ether oxygens (including phenoxy) is 2. The molecule has 0 bridgehead atoms. The van der Waals surface area contributed by atoms with Gasteiger partial charge in [-0.2, -0.15) is 4.31 Å². The standard InChI is InChI=1S/C19H26N4O4S/c1-15-4-5-16(14-18(15)28(24,25)23-9-12-27-13-10-23)17-6-7-19(22-21-17)20-8-3-11-26-2/h4-7,14H,3,8-13H2,1-2H3,(H,20,22). The number of anilines is 1. The summed E-state index contributed by atoms with van der Waals surface area (Å²) in [6.07, 6.45) is 0.876. The highest BCUT2D eigenvalue weighted by molar-refractivity contribution is 7.89. The van der Waals surface area contributed by atoms with Crippen LogP contribution < -0.4 is 5.32 Å². The van der Waals surface area contributed by atoms with Gasteiger partial charge in [0.15, 0.2) is 0 Å². The van der Waals surface area contributed by atoms with E-state index in [0.29, 0.717) is 54.9 Å². The highest BCUT2D eigenvalue weighted by atomic mass is 32.2. The summed E-state index contributed by atoms with van der Waals surface area (Å²) in [4.78, 5) is 0.301. The monoisotopic (exact) mass is 406 g/mol. The van der Waals surface area contributed by atoms with E-state index in [1.54, 1.807) is 26.2 Å². The molecule has 2 aromatic rings. The van der Waals surface area contributed by atoms with Gasteiger partial charge in [-0.1, -0.05) is 12.1 Å². The number of methoxy groups -OCH3 is 1. The summed E-state index contributed by atoms with van der Waals surface area (Å²) in [5.74, 6) is 0.674. The first-order valence-corrected chi connectivity index (χ1v) is 10.7. The van der Waals surface area contributed by atoms with Crippen LogP contribution in [0.15, 0.2) is 35.2 Å². The second kappa shape index (κ2) is 9.42. The van der Waals surface area contributed by atoms with Crippen LogP contribution in [0.2, 0.25) is 0 Å². The van der Waals surface area contributed by atoms with E-state index in [1.165, 1.54) is 4.31 Å². The molecule has 0 amide bonds. The Morgan fingerprint density at radius 2 is 1.96 bits per heavy atom. The van der Waals surface area contributed by atoms with Crippen LogP contribution in [0.5, 0.6) is 0 Å². The van der Waals surface area contributed by atoms with Crippen LogP contribution in [0, 0.1) is 6.92 Å². The Bertz CT molecular complexity index is 881. The van der Waals surface area contributed by atoms with E-state index in [-0.39, 0.29) is 0 Å². The van der Waals surface area contributed by atoms with Crippen molar-refractivity contribution < 1.29 is 17.9 Å². The zero-order valence-corrected chi connectivity index (χ0v) is 17.0. The molecule has 0 aliphatic carbocycles. The highest BCUT2D eigenvalue weighted by Crippen LogP contribution is 2.26. The molecule has 1 N–H and O–H groups in total. The molecule has 9 heteroatoms. The van der Waals surface area contributed by atoms with Crippen LogP contribution >= 0.6 is 0 Å². The third-order valence-corrected chi connectivity index (χ3v) is 6.61. The summed E-state index contributed by atoms with van der Waals surface area (Å²) in [6.45, 7) is 4.81. The second-order valence-electron chi connectivity index (χ2n) is 6.57. The minimum absolute atomic E-state index is 0.301. The predicted octanol–water partition coefficient (Wildman–Crippen LogP) is 1.92. The molecule has 28 heavy (non-hydrogen) atoms. The minimum Gasteiger partial charge on any atom is -0.385 e. The fraction of sp³-hybridized carbons (Fsp3) is 0.474. The van der Waals surface area contributed by atoms with Crippen molar-refractivity contribution in [2.75, 3.05) is 51.9 Å². The lowest BCUT2D eigenvalue weighted by Crippen LogP contribution is -2.40. The maximum atomic E-state index is 13.0. The number of nitrogens with zero attached hydrogens (tertiary/aromatic N) is 3. The Kier molecular flexibility index (Phi) is 6.95. The second-order valence-corrected chi connectivity index (χ2v) is 8.48. The van der Waals surface area contributed by atoms with E-state index >= 15 is 0 Å². The van der Waals surface area contributed by atoms with E-state index in [1.807, 2.05) is 18.2 Å². The van der Waals surface area contributed by atoms with Crippen molar-refractivity contribution in [1.82, 2.24) is 14.5 Å². The molecule has 0 radical (unpaired) electrons. The lowest BCUT2D eigenvalue weighted by Gasteiger charge is -2.26. The van der Waals surface area contributed by atoms with E-state index in [4.69, 9.17) is 9.47 Å². The molecule has 8 nitrogen and oxygen atoms in total. The number of rotatable bonds is 8.